The van der Waals surface area contributed by atoms with Crippen molar-refractivity contribution >= 4 is 27.3 Å². The summed E-state index contributed by atoms with van der Waals surface area (Å²) in [6.45, 7) is 0. The fraction of sp³-hybridized carbons (Fsp3) is 0.136. The van der Waals surface area contributed by atoms with Gasteiger partial charge in [-0.1, -0.05) is 46.3 Å². The maximum Gasteiger partial charge on any atom is 0.269 e. The zero-order chi connectivity index (χ0) is 20.0. The molecule has 2 aliphatic rings. The fourth-order valence-corrected chi connectivity index (χ4v) is 4.22. The van der Waals surface area contributed by atoms with Crippen LogP contribution >= 0.6 is 15.9 Å². The van der Waals surface area contributed by atoms with Crippen molar-refractivity contribution < 1.29 is 9.66 Å². The van der Waals surface area contributed by atoms with E-state index in [0.29, 0.717) is 0 Å². The Kier molecular flexibility index (Phi) is 4.32. The van der Waals surface area contributed by atoms with Crippen molar-refractivity contribution in [3.63, 3.8) is 0 Å². The van der Waals surface area contributed by atoms with E-state index < -0.39 is 11.2 Å². The molecule has 0 fully saturated rings. The van der Waals surface area contributed by atoms with Gasteiger partial charge < -0.3 is 4.74 Å². The smallest absolute Gasteiger partial charge is 0.269 e. The van der Waals surface area contributed by atoms with Gasteiger partial charge in [0.15, 0.2) is 0 Å². The topological polar surface area (TPSA) is 68.0 Å². The molecule has 0 saturated carbocycles. The molecule has 144 valence electrons. The molecule has 0 aromatic heterocycles. The van der Waals surface area contributed by atoms with E-state index >= 15 is 0 Å². The molecule has 29 heavy (non-hydrogen) atoms. The Labute approximate surface area is 175 Å². The highest BCUT2D eigenvalue weighted by Gasteiger charge is 2.41. The van der Waals surface area contributed by atoms with Crippen molar-refractivity contribution in [2.75, 3.05) is 0 Å². The van der Waals surface area contributed by atoms with Crippen LogP contribution in [-0.4, -0.2) is 15.6 Å². The van der Waals surface area contributed by atoms with E-state index in [1.54, 1.807) is 12.1 Å². The molecule has 7 heteroatoms. The molecule has 0 saturated heterocycles. The SMILES string of the molecule is O=[N+]([O-])c1ccc([C@H]2Oc3ccc(Br)cc3[C@H]3CC(c4ccccc4)=NN32)cc1. The van der Waals surface area contributed by atoms with E-state index in [2.05, 4.69) is 34.1 Å². The van der Waals surface area contributed by atoms with E-state index in [9.17, 15) is 10.1 Å². The maximum absolute atomic E-state index is 11.0. The van der Waals surface area contributed by atoms with Crippen molar-refractivity contribution in [2.45, 2.75) is 18.7 Å². The zero-order valence-corrected chi connectivity index (χ0v) is 16.8. The molecule has 0 N–H and O–H groups in total. The number of nitro benzene ring substituents is 1. The lowest BCUT2D eigenvalue weighted by Gasteiger charge is -2.38. The van der Waals surface area contributed by atoms with Crippen molar-refractivity contribution in [1.29, 1.82) is 0 Å². The van der Waals surface area contributed by atoms with Crippen LogP contribution in [0.2, 0.25) is 0 Å². The minimum Gasteiger partial charge on any atom is -0.464 e. The number of fused-ring (bicyclic) bond motifs is 3. The molecule has 0 radical (unpaired) electrons. The minimum absolute atomic E-state index is 0.0339. The number of benzene rings is 3. The van der Waals surface area contributed by atoms with E-state index in [-0.39, 0.29) is 11.7 Å². The lowest BCUT2D eigenvalue weighted by Crippen LogP contribution is -2.33. The maximum atomic E-state index is 11.0. The van der Waals surface area contributed by atoms with Crippen molar-refractivity contribution in [3.8, 4) is 5.75 Å². The Hall–Kier alpha value is -3.19. The second-order valence-corrected chi connectivity index (χ2v) is 7.93. The van der Waals surface area contributed by atoms with Crippen LogP contribution in [0.1, 0.15) is 35.4 Å². The molecule has 2 atom stereocenters. The second-order valence-electron chi connectivity index (χ2n) is 7.01. The van der Waals surface area contributed by atoms with E-state index in [1.165, 1.54) is 12.1 Å². The van der Waals surface area contributed by atoms with Gasteiger partial charge >= 0.3 is 0 Å². The molecule has 0 aliphatic carbocycles. The summed E-state index contributed by atoms with van der Waals surface area (Å²) >= 11 is 3.55. The third-order valence-corrected chi connectivity index (χ3v) is 5.74. The zero-order valence-electron chi connectivity index (χ0n) is 15.2. The van der Waals surface area contributed by atoms with Crippen molar-refractivity contribution in [2.24, 2.45) is 5.10 Å². The number of nitrogens with zero attached hydrogens (tertiary/aromatic N) is 3. The quantitative estimate of drug-likeness (QED) is 0.385. The summed E-state index contributed by atoms with van der Waals surface area (Å²) < 4.78 is 7.29. The van der Waals surface area contributed by atoms with Gasteiger partial charge in [0.05, 0.1) is 16.7 Å². The van der Waals surface area contributed by atoms with Gasteiger partial charge in [0.2, 0.25) is 6.23 Å². The van der Waals surface area contributed by atoms with Crippen molar-refractivity contribution in [1.82, 2.24) is 5.01 Å². The first-order chi connectivity index (χ1) is 14.1. The van der Waals surface area contributed by atoms with Crippen LogP contribution in [0.5, 0.6) is 5.75 Å². The number of hydrogen-bond acceptors (Lipinski definition) is 5. The number of rotatable bonds is 3. The third-order valence-electron chi connectivity index (χ3n) is 5.25. The molecular weight excluding hydrogens is 434 g/mol. The largest absolute Gasteiger partial charge is 0.464 e. The fourth-order valence-electron chi connectivity index (χ4n) is 3.84. The summed E-state index contributed by atoms with van der Waals surface area (Å²) in [5.74, 6) is 0.808. The number of halogens is 1. The number of ether oxygens (including phenoxy) is 1. The lowest BCUT2D eigenvalue weighted by molar-refractivity contribution is -0.384. The highest BCUT2D eigenvalue weighted by molar-refractivity contribution is 9.10. The average Bonchev–Trinajstić information content (AvgIpc) is 3.20. The van der Waals surface area contributed by atoms with E-state index in [1.807, 2.05) is 35.3 Å². The van der Waals surface area contributed by atoms with Gasteiger partial charge in [-0.25, -0.2) is 5.01 Å². The summed E-state index contributed by atoms with van der Waals surface area (Å²) in [6.07, 6.45) is 0.316. The predicted octanol–water partition coefficient (Wildman–Crippen LogP) is 5.60. The first-order valence-electron chi connectivity index (χ1n) is 9.22. The molecular formula is C22H16BrN3O3. The Morgan fingerprint density at radius 2 is 1.83 bits per heavy atom. The van der Waals surface area contributed by atoms with Gasteiger partial charge in [-0.05, 0) is 35.9 Å². The van der Waals surface area contributed by atoms with Crippen LogP contribution in [0.3, 0.4) is 0 Å². The van der Waals surface area contributed by atoms with Crippen LogP contribution in [-0.2, 0) is 0 Å². The number of hydrazone groups is 1. The van der Waals surface area contributed by atoms with Crippen LogP contribution in [0.25, 0.3) is 0 Å². The van der Waals surface area contributed by atoms with Gasteiger partial charge in [0.25, 0.3) is 5.69 Å². The molecule has 6 nitrogen and oxygen atoms in total. The predicted molar refractivity (Wildman–Crippen MR) is 113 cm³/mol. The Morgan fingerprint density at radius 1 is 1.07 bits per heavy atom. The number of hydrogen-bond donors (Lipinski definition) is 0. The average molecular weight is 450 g/mol. The van der Waals surface area contributed by atoms with Gasteiger partial charge in [-0.2, -0.15) is 5.10 Å². The van der Waals surface area contributed by atoms with Crippen molar-refractivity contribution in [3.05, 3.63) is 104 Å². The molecule has 2 aliphatic heterocycles. The lowest BCUT2D eigenvalue weighted by atomic mass is 9.96. The Morgan fingerprint density at radius 3 is 2.55 bits per heavy atom. The minimum atomic E-state index is -0.448. The standard InChI is InChI=1S/C22H16BrN3O3/c23-16-8-11-21-18(12-16)20-13-19(14-4-2-1-3-5-14)24-25(20)22(29-21)15-6-9-17(10-7-15)26(27)28/h1-12,20,22H,13H2/t20-,22-/m1/s1. The molecule has 3 aromatic rings. The first kappa shape index (κ1) is 17.9. The number of non-ortho nitro benzene ring substituents is 1. The van der Waals surface area contributed by atoms with E-state index in [4.69, 9.17) is 9.84 Å². The summed E-state index contributed by atoms with van der Waals surface area (Å²) in [5, 5.41) is 17.9. The molecule has 0 unspecified atom stereocenters. The molecule has 2 heterocycles. The summed E-state index contributed by atoms with van der Waals surface area (Å²) in [4.78, 5) is 10.6. The molecule has 3 aromatic carbocycles. The van der Waals surface area contributed by atoms with Gasteiger partial charge in [-0.3, -0.25) is 10.1 Å². The number of nitro groups is 1. The van der Waals surface area contributed by atoms with Gasteiger partial charge in [-0.15, -0.1) is 0 Å². The Bertz CT molecular complexity index is 1120. The molecule has 0 bridgehead atoms. The van der Waals surface area contributed by atoms with Crippen LogP contribution in [0, 0.1) is 10.1 Å². The normalized spacial score (nSPS) is 19.8. The van der Waals surface area contributed by atoms with Crippen LogP contribution in [0.15, 0.2) is 82.4 Å². The monoisotopic (exact) mass is 449 g/mol. The Balaban J connectivity index is 1.58. The first-order valence-corrected chi connectivity index (χ1v) is 10.0. The second kappa shape index (κ2) is 7.00. The molecule has 0 amide bonds. The summed E-state index contributed by atoms with van der Waals surface area (Å²) in [7, 11) is 0. The van der Waals surface area contributed by atoms with E-state index in [0.717, 1.165) is 39.0 Å². The highest BCUT2D eigenvalue weighted by atomic mass is 79.9. The van der Waals surface area contributed by atoms with Gasteiger partial charge in [0, 0.05) is 34.2 Å². The van der Waals surface area contributed by atoms with Crippen LogP contribution in [0.4, 0.5) is 5.69 Å². The van der Waals surface area contributed by atoms with Gasteiger partial charge in [0.1, 0.15) is 5.75 Å². The summed E-state index contributed by atoms with van der Waals surface area (Å²) in [5.41, 5.74) is 4.04. The molecule has 0 spiro atoms. The third kappa shape index (κ3) is 3.17. The van der Waals surface area contributed by atoms with Crippen LogP contribution < -0.4 is 4.74 Å². The summed E-state index contributed by atoms with van der Waals surface area (Å²) in [6, 6.07) is 22.6. The highest BCUT2D eigenvalue weighted by Crippen LogP contribution is 2.48. The molecule has 5 rings (SSSR count).